The van der Waals surface area contributed by atoms with Crippen LogP contribution in [0.4, 0.5) is 4.39 Å². The van der Waals surface area contributed by atoms with Crippen molar-refractivity contribution in [2.75, 3.05) is 0 Å². The third-order valence-electron chi connectivity index (χ3n) is 0.305. The van der Waals surface area contributed by atoms with Gasteiger partial charge in [0.1, 0.15) is 6.17 Å². The molecule has 0 saturated carbocycles. The van der Waals surface area contributed by atoms with Crippen LogP contribution in [0.2, 0.25) is 0 Å². The number of halogens is 1. The van der Waals surface area contributed by atoms with Crippen LogP contribution in [-0.2, 0) is 0 Å². The Morgan fingerprint density at radius 3 is 2.50 bits per heavy atom. The van der Waals surface area contributed by atoms with Gasteiger partial charge in [-0.15, -0.1) is 4.39 Å². The van der Waals surface area contributed by atoms with E-state index >= 15 is 0 Å². The molecule has 0 atom stereocenters. The van der Waals surface area contributed by atoms with E-state index in [9.17, 15) is 4.39 Å². The summed E-state index contributed by atoms with van der Waals surface area (Å²) in [4.78, 5) is 0. The lowest BCUT2D eigenvalue weighted by Gasteiger charge is -1.53. The summed E-state index contributed by atoms with van der Waals surface area (Å²) in [6, 6.07) is 0. The van der Waals surface area contributed by atoms with Crippen molar-refractivity contribution in [1.82, 2.24) is 0 Å². The van der Waals surface area contributed by atoms with Gasteiger partial charge in [-0.3, -0.25) is 0 Å². The van der Waals surface area contributed by atoms with Crippen LogP contribution in [-0.4, -0.2) is 0 Å². The Morgan fingerprint density at radius 2 is 2.33 bits per heavy atom. The van der Waals surface area contributed by atoms with Crippen LogP contribution < -0.4 is 0 Å². The molecule has 0 aliphatic carbocycles. The van der Waals surface area contributed by atoms with Crippen molar-refractivity contribution in [2.24, 2.45) is 0 Å². The molecule has 0 aliphatic heterocycles. The summed E-state index contributed by atoms with van der Waals surface area (Å²) in [5, 5.41) is 0. The Morgan fingerprint density at radius 1 is 1.67 bits per heavy atom. The lowest BCUT2D eigenvalue weighted by Crippen LogP contribution is -1.39. The zero-order chi connectivity index (χ0) is 4.83. The van der Waals surface area contributed by atoms with Gasteiger partial charge < -0.3 is 0 Å². The molecule has 0 radical (unpaired) electrons. The first-order chi connectivity index (χ1) is 2.91. The molecule has 0 rings (SSSR count). The van der Waals surface area contributed by atoms with Crippen LogP contribution in [0.1, 0.15) is 6.92 Å². The maximum atomic E-state index is 10.8. The third kappa shape index (κ3) is 3.23. The first-order valence-electron chi connectivity index (χ1n) is 1.64. The summed E-state index contributed by atoms with van der Waals surface area (Å²) < 4.78 is 10.8. The molecule has 0 N–H and O–H groups in total. The van der Waals surface area contributed by atoms with Crippen molar-refractivity contribution in [3.63, 3.8) is 0 Å². The molecule has 0 heterocycles. The molecule has 0 unspecified atom stereocenters. The van der Waals surface area contributed by atoms with E-state index in [1.54, 1.807) is 13.0 Å². The Labute approximate surface area is 36.7 Å². The van der Waals surface area contributed by atoms with Crippen molar-refractivity contribution >= 4 is 0 Å². The SMILES string of the molecule is CC=CC#CF. The normalized spacial score (nSPS) is 7.67. The van der Waals surface area contributed by atoms with Gasteiger partial charge in [0.15, 0.2) is 0 Å². The molecule has 0 amide bonds. The minimum Gasteiger partial charge on any atom is -0.144 e. The van der Waals surface area contributed by atoms with E-state index in [1.807, 2.05) is 0 Å². The van der Waals surface area contributed by atoms with Gasteiger partial charge in [-0.25, -0.2) is 0 Å². The Balaban J connectivity index is 3.24. The number of rotatable bonds is 0. The highest BCUT2D eigenvalue weighted by Crippen LogP contribution is 1.63. The molecule has 0 bridgehead atoms. The molecule has 0 aromatic heterocycles. The van der Waals surface area contributed by atoms with Gasteiger partial charge in [0, 0.05) is 0 Å². The van der Waals surface area contributed by atoms with Crippen LogP contribution in [0, 0.1) is 12.1 Å². The molecule has 0 nitrogen and oxygen atoms in total. The van der Waals surface area contributed by atoms with E-state index in [1.165, 1.54) is 12.3 Å². The Bertz CT molecular complexity index is 92.2. The highest BCUT2D eigenvalue weighted by molar-refractivity contribution is 5.10. The summed E-state index contributed by atoms with van der Waals surface area (Å²) >= 11 is 0. The highest BCUT2D eigenvalue weighted by Gasteiger charge is 1.48. The van der Waals surface area contributed by atoms with Crippen molar-refractivity contribution in [2.45, 2.75) is 6.92 Å². The summed E-state index contributed by atoms with van der Waals surface area (Å²) in [6.45, 7) is 1.78. The molecule has 0 aliphatic rings. The van der Waals surface area contributed by atoms with E-state index in [-0.39, 0.29) is 0 Å². The molecule has 0 aromatic rings. The first-order valence-corrected chi connectivity index (χ1v) is 1.64. The maximum Gasteiger partial charge on any atom is 0.110 e. The molecule has 0 saturated heterocycles. The highest BCUT2D eigenvalue weighted by atomic mass is 19.1. The van der Waals surface area contributed by atoms with Crippen molar-refractivity contribution < 1.29 is 4.39 Å². The van der Waals surface area contributed by atoms with E-state index in [0.29, 0.717) is 0 Å². The minimum atomic E-state index is 1.23. The smallest absolute Gasteiger partial charge is 0.110 e. The topological polar surface area (TPSA) is 0 Å². The largest absolute Gasteiger partial charge is 0.144 e. The summed E-state index contributed by atoms with van der Waals surface area (Å²) in [6.07, 6.45) is 4.35. The van der Waals surface area contributed by atoms with Crippen molar-refractivity contribution in [3.05, 3.63) is 12.2 Å². The molecule has 6 heavy (non-hydrogen) atoms. The van der Waals surface area contributed by atoms with Crippen molar-refractivity contribution in [3.8, 4) is 12.1 Å². The molecule has 0 spiro atoms. The van der Waals surface area contributed by atoms with Crippen LogP contribution >= 0.6 is 0 Å². The monoisotopic (exact) mass is 84.0 g/mol. The quantitative estimate of drug-likeness (QED) is 0.390. The second-order valence-electron chi connectivity index (χ2n) is 0.739. The zero-order valence-corrected chi connectivity index (χ0v) is 3.53. The summed E-state index contributed by atoms with van der Waals surface area (Å²) in [5.74, 6) is 2.10. The van der Waals surface area contributed by atoms with Crippen molar-refractivity contribution in [1.29, 1.82) is 0 Å². The molecule has 32 valence electrons. The fraction of sp³-hybridized carbons (Fsp3) is 0.200. The average molecular weight is 84.1 g/mol. The average Bonchev–Trinajstić information content (AvgIpc) is 1.61. The van der Waals surface area contributed by atoms with Gasteiger partial charge >= 0.3 is 0 Å². The molecular formula is C5H5F. The number of hydrogen-bond donors (Lipinski definition) is 0. The van der Waals surface area contributed by atoms with E-state index in [0.717, 1.165) is 0 Å². The van der Waals surface area contributed by atoms with Crippen LogP contribution in [0.5, 0.6) is 0 Å². The molecule has 0 fully saturated rings. The Kier molecular flexibility index (Phi) is 3.69. The second-order valence-corrected chi connectivity index (χ2v) is 0.739. The van der Waals surface area contributed by atoms with Gasteiger partial charge in [-0.2, -0.15) is 0 Å². The summed E-state index contributed by atoms with van der Waals surface area (Å²) in [7, 11) is 0. The van der Waals surface area contributed by atoms with Gasteiger partial charge in [0.05, 0.1) is 0 Å². The van der Waals surface area contributed by atoms with E-state index < -0.39 is 0 Å². The minimum absolute atomic E-state index is 1.23. The predicted octanol–water partition coefficient (Wildman–Crippen LogP) is 1.49. The Hall–Kier alpha value is -0.770. The molecule has 1 heteroatoms. The van der Waals surface area contributed by atoms with Gasteiger partial charge in [0.2, 0.25) is 0 Å². The second kappa shape index (κ2) is 4.23. The van der Waals surface area contributed by atoms with Crippen LogP contribution in [0.15, 0.2) is 12.2 Å². The lowest BCUT2D eigenvalue weighted by atomic mass is 10.5. The van der Waals surface area contributed by atoms with Gasteiger partial charge in [-0.05, 0) is 18.9 Å². The van der Waals surface area contributed by atoms with Gasteiger partial charge in [-0.1, -0.05) is 6.08 Å². The third-order valence-corrected chi connectivity index (χ3v) is 0.305. The zero-order valence-electron chi connectivity index (χ0n) is 3.53. The van der Waals surface area contributed by atoms with Gasteiger partial charge in [0.25, 0.3) is 0 Å². The maximum absolute atomic E-state index is 10.8. The predicted molar refractivity (Wildman–Crippen MR) is 23.7 cm³/mol. The molecular weight excluding hydrogens is 79.1 g/mol. The lowest BCUT2D eigenvalue weighted by molar-refractivity contribution is 0.774. The first kappa shape index (κ1) is 5.23. The fourth-order valence-electron chi connectivity index (χ4n) is 0.115. The van der Waals surface area contributed by atoms with Crippen LogP contribution in [0.25, 0.3) is 0 Å². The standard InChI is InChI=1S/C5H5F/c1-2-3-4-5-6/h2-3H,1H3. The van der Waals surface area contributed by atoms with E-state index in [2.05, 4.69) is 5.92 Å². The molecule has 0 aromatic carbocycles. The number of allylic oxidation sites excluding steroid dienone is 2. The summed E-state index contributed by atoms with van der Waals surface area (Å²) in [5.41, 5.74) is 0. The number of hydrogen-bond acceptors (Lipinski definition) is 0. The van der Waals surface area contributed by atoms with E-state index in [4.69, 9.17) is 0 Å². The fourth-order valence-corrected chi connectivity index (χ4v) is 0.115. The van der Waals surface area contributed by atoms with Crippen LogP contribution in [0.3, 0.4) is 0 Å².